The molecule has 1 aromatic rings. The van der Waals surface area contributed by atoms with Crippen molar-refractivity contribution in [3.8, 4) is 0 Å². The molecule has 1 radical (unpaired) electrons. The van der Waals surface area contributed by atoms with Gasteiger partial charge in [0, 0.05) is 19.7 Å². The average Bonchev–Trinajstić information content (AvgIpc) is 2.38. The van der Waals surface area contributed by atoms with Crippen LogP contribution in [0.2, 0.25) is 0 Å². The summed E-state index contributed by atoms with van der Waals surface area (Å²) >= 11 is 0. The molecule has 2 rings (SSSR count). The van der Waals surface area contributed by atoms with E-state index in [2.05, 4.69) is 37.6 Å². The molecular formula is C16H18NO. The van der Waals surface area contributed by atoms with Gasteiger partial charge in [-0.05, 0) is 43.0 Å². The summed E-state index contributed by atoms with van der Waals surface area (Å²) in [5, 5.41) is 0. The molecule has 1 aromatic carbocycles. The molecular weight excluding hydrogens is 222 g/mol. The zero-order valence-corrected chi connectivity index (χ0v) is 11.1. The van der Waals surface area contributed by atoms with Crippen molar-refractivity contribution in [3.05, 3.63) is 54.0 Å². The standard InChI is InChI=1S/C16H18NO/c1-12-5-4-6-15(11-12)14-7-9-16(10-8-14)17(3)13(2)18/h5-11H,4H2,1-3H3. The minimum Gasteiger partial charge on any atom is -0.316 e. The van der Waals surface area contributed by atoms with Crippen LogP contribution in [0.4, 0.5) is 5.69 Å². The van der Waals surface area contributed by atoms with Crippen molar-refractivity contribution in [2.45, 2.75) is 20.3 Å². The first kappa shape index (κ1) is 12.6. The van der Waals surface area contributed by atoms with Crippen LogP contribution in [-0.2, 0) is 4.79 Å². The van der Waals surface area contributed by atoms with Crippen molar-refractivity contribution in [1.82, 2.24) is 0 Å². The van der Waals surface area contributed by atoms with Gasteiger partial charge in [0.05, 0.1) is 0 Å². The van der Waals surface area contributed by atoms with Gasteiger partial charge in [0.1, 0.15) is 0 Å². The Morgan fingerprint density at radius 2 is 1.89 bits per heavy atom. The molecule has 0 N–H and O–H groups in total. The van der Waals surface area contributed by atoms with E-state index in [0.29, 0.717) is 0 Å². The molecule has 0 spiro atoms. The van der Waals surface area contributed by atoms with Crippen LogP contribution in [0.3, 0.4) is 0 Å². The number of allylic oxidation sites excluding steroid dienone is 4. The fraction of sp³-hybridized carbons (Fsp3) is 0.250. The highest BCUT2D eigenvalue weighted by molar-refractivity contribution is 5.91. The lowest BCUT2D eigenvalue weighted by Crippen LogP contribution is -2.22. The average molecular weight is 240 g/mol. The number of hydrogen-bond acceptors (Lipinski definition) is 1. The number of carbonyl (C=O) groups is 1. The molecule has 0 saturated heterocycles. The highest BCUT2D eigenvalue weighted by Gasteiger charge is 2.08. The van der Waals surface area contributed by atoms with Gasteiger partial charge >= 0.3 is 0 Å². The van der Waals surface area contributed by atoms with Crippen LogP contribution in [-0.4, -0.2) is 13.0 Å². The van der Waals surface area contributed by atoms with Gasteiger partial charge < -0.3 is 4.90 Å². The summed E-state index contributed by atoms with van der Waals surface area (Å²) in [6.07, 6.45) is 7.61. The second kappa shape index (κ2) is 5.21. The molecule has 0 atom stereocenters. The van der Waals surface area contributed by atoms with E-state index in [9.17, 15) is 4.79 Å². The zero-order chi connectivity index (χ0) is 13.1. The quantitative estimate of drug-likeness (QED) is 0.773. The smallest absolute Gasteiger partial charge is 0.223 e. The van der Waals surface area contributed by atoms with E-state index < -0.39 is 0 Å². The van der Waals surface area contributed by atoms with E-state index in [1.165, 1.54) is 16.7 Å². The molecule has 1 aliphatic carbocycles. The lowest BCUT2D eigenvalue weighted by molar-refractivity contribution is -0.116. The maximum atomic E-state index is 11.3. The largest absolute Gasteiger partial charge is 0.316 e. The third-order valence-electron chi connectivity index (χ3n) is 3.22. The lowest BCUT2D eigenvalue weighted by atomic mass is 9.94. The second-order valence-electron chi connectivity index (χ2n) is 4.61. The van der Waals surface area contributed by atoms with Gasteiger partial charge in [-0.2, -0.15) is 0 Å². The van der Waals surface area contributed by atoms with Crippen molar-refractivity contribution in [1.29, 1.82) is 0 Å². The maximum Gasteiger partial charge on any atom is 0.223 e. The molecule has 0 unspecified atom stereocenters. The van der Waals surface area contributed by atoms with Gasteiger partial charge in [-0.3, -0.25) is 4.79 Å². The number of hydrogen-bond donors (Lipinski definition) is 0. The minimum absolute atomic E-state index is 0.0463. The molecule has 93 valence electrons. The summed E-state index contributed by atoms with van der Waals surface area (Å²) < 4.78 is 0. The number of rotatable bonds is 2. The molecule has 0 bridgehead atoms. The van der Waals surface area contributed by atoms with Crippen LogP contribution in [0.25, 0.3) is 5.57 Å². The van der Waals surface area contributed by atoms with Crippen molar-refractivity contribution in [3.63, 3.8) is 0 Å². The SMILES string of the molecule is CC(=O)N(C)c1ccc(C2=CC(C)=CC[CH]2)cc1. The van der Waals surface area contributed by atoms with E-state index in [1.54, 1.807) is 18.9 Å². The van der Waals surface area contributed by atoms with Gasteiger partial charge in [-0.15, -0.1) is 0 Å². The topological polar surface area (TPSA) is 20.3 Å². The molecule has 0 heterocycles. The summed E-state index contributed by atoms with van der Waals surface area (Å²) in [6.45, 7) is 3.68. The van der Waals surface area contributed by atoms with E-state index >= 15 is 0 Å². The van der Waals surface area contributed by atoms with E-state index in [0.717, 1.165) is 12.1 Å². The predicted octanol–water partition coefficient (Wildman–Crippen LogP) is 3.61. The molecule has 0 aliphatic heterocycles. The molecule has 0 fully saturated rings. The number of nitrogens with zero attached hydrogens (tertiary/aromatic N) is 1. The van der Waals surface area contributed by atoms with Crippen molar-refractivity contribution < 1.29 is 4.79 Å². The molecule has 1 amide bonds. The highest BCUT2D eigenvalue weighted by Crippen LogP contribution is 2.26. The number of amides is 1. The lowest BCUT2D eigenvalue weighted by Gasteiger charge is -2.16. The van der Waals surface area contributed by atoms with Crippen LogP contribution < -0.4 is 4.90 Å². The predicted molar refractivity (Wildman–Crippen MR) is 76.2 cm³/mol. The molecule has 1 aliphatic rings. The molecule has 18 heavy (non-hydrogen) atoms. The van der Waals surface area contributed by atoms with Gasteiger partial charge in [-0.25, -0.2) is 0 Å². The number of benzene rings is 1. The Morgan fingerprint density at radius 3 is 2.44 bits per heavy atom. The van der Waals surface area contributed by atoms with Crippen LogP contribution in [0.15, 0.2) is 42.0 Å². The van der Waals surface area contributed by atoms with Gasteiger partial charge in [0.15, 0.2) is 0 Å². The van der Waals surface area contributed by atoms with Gasteiger partial charge in [-0.1, -0.05) is 29.9 Å². The summed E-state index contributed by atoms with van der Waals surface area (Å²) in [6, 6.07) is 8.10. The summed E-state index contributed by atoms with van der Waals surface area (Å²) in [7, 11) is 1.79. The Labute approximate surface area is 109 Å². The summed E-state index contributed by atoms with van der Waals surface area (Å²) in [5.74, 6) is 0.0463. The Kier molecular flexibility index (Phi) is 3.66. The third-order valence-corrected chi connectivity index (χ3v) is 3.22. The molecule has 0 saturated carbocycles. The maximum absolute atomic E-state index is 11.3. The van der Waals surface area contributed by atoms with Crippen LogP contribution in [0.1, 0.15) is 25.8 Å². The van der Waals surface area contributed by atoms with Crippen LogP contribution in [0.5, 0.6) is 0 Å². The van der Waals surface area contributed by atoms with Crippen molar-refractivity contribution in [2.24, 2.45) is 0 Å². The number of carbonyl (C=O) groups excluding carboxylic acids is 1. The third kappa shape index (κ3) is 2.70. The van der Waals surface area contributed by atoms with Crippen LogP contribution in [0, 0.1) is 6.42 Å². The monoisotopic (exact) mass is 240 g/mol. The van der Waals surface area contributed by atoms with E-state index in [4.69, 9.17) is 0 Å². The highest BCUT2D eigenvalue weighted by atomic mass is 16.2. The van der Waals surface area contributed by atoms with E-state index in [-0.39, 0.29) is 5.91 Å². The van der Waals surface area contributed by atoms with Crippen LogP contribution >= 0.6 is 0 Å². The molecule has 2 nitrogen and oxygen atoms in total. The van der Waals surface area contributed by atoms with E-state index in [1.807, 2.05) is 12.1 Å². The summed E-state index contributed by atoms with van der Waals surface area (Å²) in [4.78, 5) is 12.9. The summed E-state index contributed by atoms with van der Waals surface area (Å²) in [5.41, 5.74) is 4.68. The Hall–Kier alpha value is -1.83. The first-order chi connectivity index (χ1) is 8.58. The second-order valence-corrected chi connectivity index (χ2v) is 4.61. The fourth-order valence-electron chi connectivity index (χ4n) is 2.00. The first-order valence-corrected chi connectivity index (χ1v) is 6.14. The fourth-order valence-corrected chi connectivity index (χ4v) is 2.00. The Morgan fingerprint density at radius 1 is 1.22 bits per heavy atom. The van der Waals surface area contributed by atoms with Gasteiger partial charge in [0.25, 0.3) is 0 Å². The zero-order valence-electron chi connectivity index (χ0n) is 11.1. The van der Waals surface area contributed by atoms with Gasteiger partial charge in [0.2, 0.25) is 5.91 Å². The molecule has 0 aromatic heterocycles. The molecule has 2 heteroatoms. The number of anilines is 1. The normalized spacial score (nSPS) is 14.8. The Balaban J connectivity index is 2.23. The van der Waals surface area contributed by atoms with Crippen molar-refractivity contribution >= 4 is 17.2 Å². The van der Waals surface area contributed by atoms with Crippen molar-refractivity contribution in [2.75, 3.05) is 11.9 Å². The first-order valence-electron chi connectivity index (χ1n) is 6.14. The Bertz CT molecular complexity index is 508. The minimum atomic E-state index is 0.0463.